The number of hydrogen-bond acceptors (Lipinski definition) is 8. The summed E-state index contributed by atoms with van der Waals surface area (Å²) < 4.78 is 11.2. The molecule has 0 saturated carbocycles. The first-order chi connectivity index (χ1) is 23.4. The molecule has 2 aromatic heterocycles. The van der Waals surface area contributed by atoms with E-state index in [2.05, 4.69) is 57.0 Å². The van der Waals surface area contributed by atoms with Crippen molar-refractivity contribution < 1.29 is 14.3 Å². The monoisotopic (exact) mass is 656 g/mol. The highest BCUT2D eigenvalue weighted by atomic mass is 16.5. The third-order valence-corrected chi connectivity index (χ3v) is 10.4. The van der Waals surface area contributed by atoms with Crippen molar-refractivity contribution in [2.45, 2.75) is 78.9 Å². The van der Waals surface area contributed by atoms with Crippen LogP contribution in [0.3, 0.4) is 0 Å². The Morgan fingerprint density at radius 2 is 1.79 bits per heavy atom. The van der Waals surface area contributed by atoms with E-state index in [1.165, 1.54) is 12.0 Å². The molecular weight excluding hydrogens is 604 g/mol. The second-order valence-electron chi connectivity index (χ2n) is 13.4. The van der Waals surface area contributed by atoms with Crippen LogP contribution in [-0.2, 0) is 29.0 Å². The number of hydrogen-bond donors (Lipinski definition) is 2. The summed E-state index contributed by atoms with van der Waals surface area (Å²) in [6.45, 7) is 16.8. The minimum Gasteiger partial charge on any atom is -0.381 e. The van der Waals surface area contributed by atoms with Crippen LogP contribution in [0.4, 0.5) is 11.5 Å². The van der Waals surface area contributed by atoms with Gasteiger partial charge in [-0.25, -0.2) is 4.98 Å². The maximum atomic E-state index is 14.1. The molecule has 3 aliphatic heterocycles. The Labute approximate surface area is 284 Å². The third-order valence-electron chi connectivity index (χ3n) is 10.4. The van der Waals surface area contributed by atoms with Crippen molar-refractivity contribution in [2.24, 2.45) is 0 Å². The number of nitrogens with zero attached hydrogens (tertiary/aromatic N) is 4. The van der Waals surface area contributed by atoms with E-state index in [4.69, 9.17) is 14.5 Å². The Bertz CT molecular complexity index is 1630. The zero-order valence-electron chi connectivity index (χ0n) is 29.2. The van der Waals surface area contributed by atoms with E-state index in [0.29, 0.717) is 30.4 Å². The van der Waals surface area contributed by atoms with E-state index in [9.17, 15) is 9.59 Å². The largest absolute Gasteiger partial charge is 0.381 e. The Morgan fingerprint density at radius 3 is 2.50 bits per heavy atom. The molecule has 10 nitrogen and oxygen atoms in total. The van der Waals surface area contributed by atoms with Crippen LogP contribution in [0.1, 0.15) is 77.8 Å². The van der Waals surface area contributed by atoms with Crippen LogP contribution in [0.5, 0.6) is 0 Å². The number of carbonyl (C=O) groups excluding carboxylic acids is 1. The Kier molecular flexibility index (Phi) is 11.1. The summed E-state index contributed by atoms with van der Waals surface area (Å²) in [7, 11) is 0. The summed E-state index contributed by atoms with van der Waals surface area (Å²) in [6.07, 6.45) is 6.96. The van der Waals surface area contributed by atoms with E-state index in [0.717, 1.165) is 118 Å². The topological polar surface area (TPSA) is 103 Å². The zero-order valence-corrected chi connectivity index (χ0v) is 29.2. The molecule has 6 rings (SSSR count). The predicted octanol–water partition coefficient (Wildman–Crippen LogP) is 4.98. The van der Waals surface area contributed by atoms with E-state index >= 15 is 0 Å². The first-order valence-corrected chi connectivity index (χ1v) is 17.9. The van der Waals surface area contributed by atoms with Gasteiger partial charge < -0.3 is 29.6 Å². The highest BCUT2D eigenvalue weighted by Crippen LogP contribution is 2.34. The van der Waals surface area contributed by atoms with E-state index in [1.807, 2.05) is 26.1 Å². The first kappa shape index (κ1) is 34.1. The fourth-order valence-corrected chi connectivity index (χ4v) is 7.54. The molecule has 1 aromatic carbocycles. The third kappa shape index (κ3) is 7.46. The number of anilines is 2. The molecule has 0 atom stereocenters. The van der Waals surface area contributed by atoms with Crippen molar-refractivity contribution in [1.29, 1.82) is 0 Å². The predicted molar refractivity (Wildman–Crippen MR) is 191 cm³/mol. The summed E-state index contributed by atoms with van der Waals surface area (Å²) in [6, 6.07) is 8.69. The lowest BCUT2D eigenvalue weighted by molar-refractivity contribution is 0.0846. The van der Waals surface area contributed by atoms with Crippen molar-refractivity contribution in [1.82, 2.24) is 20.2 Å². The summed E-state index contributed by atoms with van der Waals surface area (Å²) >= 11 is 0. The molecule has 2 fully saturated rings. The highest BCUT2D eigenvalue weighted by Gasteiger charge is 2.27. The normalized spacial score (nSPS) is 17.3. The summed E-state index contributed by atoms with van der Waals surface area (Å²) in [5.74, 6) is 0.760. The van der Waals surface area contributed by atoms with Crippen molar-refractivity contribution in [2.75, 3.05) is 69.0 Å². The van der Waals surface area contributed by atoms with Crippen molar-refractivity contribution in [3.63, 3.8) is 0 Å². The number of ether oxygens (including phenoxy) is 2. The number of pyridine rings is 2. The van der Waals surface area contributed by atoms with Crippen LogP contribution >= 0.6 is 0 Å². The average Bonchev–Trinajstić information content (AvgIpc) is 3.12. The van der Waals surface area contributed by atoms with Gasteiger partial charge in [-0.1, -0.05) is 13.3 Å². The van der Waals surface area contributed by atoms with Gasteiger partial charge in [-0.05, 0) is 99.5 Å². The quantitative estimate of drug-likeness (QED) is 0.298. The number of aryl methyl sites for hydroxylation is 1. The lowest BCUT2D eigenvalue weighted by Crippen LogP contribution is -2.40. The maximum Gasteiger partial charge on any atom is 0.253 e. The summed E-state index contributed by atoms with van der Waals surface area (Å²) in [5.41, 5.74) is 8.32. The minimum absolute atomic E-state index is 0.108. The molecule has 0 aliphatic carbocycles. The number of carbonyl (C=O) groups is 1. The molecule has 3 aromatic rings. The Balaban J connectivity index is 1.30. The van der Waals surface area contributed by atoms with Crippen molar-refractivity contribution in [3.8, 4) is 11.1 Å². The molecule has 10 heteroatoms. The summed E-state index contributed by atoms with van der Waals surface area (Å²) in [4.78, 5) is 42.4. The Hall–Kier alpha value is -3.73. The van der Waals surface area contributed by atoms with Crippen LogP contribution < -0.4 is 20.7 Å². The standard InChI is InChI=1S/C38H52N6O4/c1-5-7-13-42-14-10-31-33(38(46)41-27(4)34(31)25-42)24-40-37(45)32-21-29(28-8-9-36(39-23-28)43-15-19-48-20-16-43)22-35(26(32)3)44(6-2)30-11-17-47-18-12-30/h8-9,21-23,30H,5-7,10-20,24-25H2,1-4H3,(H,40,45)(H,41,46). The maximum absolute atomic E-state index is 14.1. The fraction of sp³-hybridized carbons (Fsp3) is 0.553. The molecule has 48 heavy (non-hydrogen) atoms. The SMILES string of the molecule is CCCCN1CCc2c(c(C)[nH]c(=O)c2CNC(=O)c2cc(-c3ccc(N4CCOCC4)nc3)cc(N(CC)C3CCOCC3)c2C)C1. The zero-order chi connectivity index (χ0) is 33.6. The van der Waals surface area contributed by atoms with Gasteiger partial charge in [-0.2, -0.15) is 0 Å². The van der Waals surface area contributed by atoms with Gasteiger partial charge >= 0.3 is 0 Å². The molecule has 1 amide bonds. The minimum atomic E-state index is -0.175. The number of rotatable bonds is 11. The molecule has 2 saturated heterocycles. The Morgan fingerprint density at radius 1 is 1.02 bits per heavy atom. The molecule has 0 unspecified atom stereocenters. The van der Waals surface area contributed by atoms with Gasteiger partial charge in [0.2, 0.25) is 0 Å². The fourth-order valence-electron chi connectivity index (χ4n) is 7.54. The van der Waals surface area contributed by atoms with Gasteiger partial charge in [0.1, 0.15) is 5.82 Å². The number of H-pyrrole nitrogens is 1. The second kappa shape index (κ2) is 15.7. The molecule has 0 radical (unpaired) electrons. The van der Waals surface area contributed by atoms with Gasteiger partial charge in [0.15, 0.2) is 0 Å². The van der Waals surface area contributed by atoms with Crippen LogP contribution in [0.15, 0.2) is 35.3 Å². The van der Waals surface area contributed by atoms with Crippen LogP contribution in [0.2, 0.25) is 0 Å². The van der Waals surface area contributed by atoms with Gasteiger partial charge in [0.05, 0.1) is 13.2 Å². The lowest BCUT2D eigenvalue weighted by Gasteiger charge is -2.37. The number of unbranched alkanes of at least 4 members (excludes halogenated alkanes) is 1. The van der Waals surface area contributed by atoms with Crippen LogP contribution in [0.25, 0.3) is 11.1 Å². The molecular formula is C38H52N6O4. The molecule has 258 valence electrons. The first-order valence-electron chi connectivity index (χ1n) is 17.9. The molecule has 2 N–H and O–H groups in total. The van der Waals surface area contributed by atoms with Gasteiger partial charge in [-0.3, -0.25) is 14.5 Å². The average molecular weight is 657 g/mol. The van der Waals surface area contributed by atoms with E-state index in [1.54, 1.807) is 0 Å². The van der Waals surface area contributed by atoms with Gasteiger partial charge in [0.25, 0.3) is 11.5 Å². The smallest absolute Gasteiger partial charge is 0.253 e. The van der Waals surface area contributed by atoms with Crippen molar-refractivity contribution >= 4 is 17.4 Å². The lowest BCUT2D eigenvalue weighted by atomic mass is 9.93. The van der Waals surface area contributed by atoms with Gasteiger partial charge in [0, 0.05) is 92.8 Å². The highest BCUT2D eigenvalue weighted by molar-refractivity contribution is 5.99. The van der Waals surface area contributed by atoms with Crippen molar-refractivity contribution in [3.05, 3.63) is 74.3 Å². The number of morpholine rings is 1. The number of aromatic nitrogens is 2. The number of nitrogens with one attached hydrogen (secondary N) is 2. The van der Waals surface area contributed by atoms with Crippen LogP contribution in [0, 0.1) is 13.8 Å². The number of fused-ring (bicyclic) bond motifs is 1. The summed E-state index contributed by atoms with van der Waals surface area (Å²) in [5, 5.41) is 3.16. The number of aromatic amines is 1. The van der Waals surface area contributed by atoms with E-state index in [-0.39, 0.29) is 18.0 Å². The number of amides is 1. The molecule has 0 bridgehead atoms. The van der Waals surface area contributed by atoms with Crippen LogP contribution in [-0.4, -0.2) is 86.0 Å². The molecule has 0 spiro atoms. The van der Waals surface area contributed by atoms with Gasteiger partial charge in [-0.15, -0.1) is 0 Å². The second-order valence-corrected chi connectivity index (χ2v) is 13.4. The molecule has 3 aliphatic rings. The number of benzene rings is 1. The molecule has 5 heterocycles. The van der Waals surface area contributed by atoms with E-state index < -0.39 is 0 Å².